The van der Waals surface area contributed by atoms with Crippen LogP contribution >= 0.6 is 0 Å². The minimum atomic E-state index is -5.13. The summed E-state index contributed by atoms with van der Waals surface area (Å²) >= 11 is 0. The zero-order valence-corrected chi connectivity index (χ0v) is 20.1. The quantitative estimate of drug-likeness (QED) is 0.339. The smallest absolute Gasteiger partial charge is 0.455 e. The maximum atomic E-state index is 12.8. The number of hydrogen-bond acceptors (Lipinski definition) is 8. The Balaban J connectivity index is 1.37. The Hall–Kier alpha value is -2.60. The van der Waals surface area contributed by atoms with Gasteiger partial charge in [0.15, 0.2) is 0 Å². The topological polar surface area (TPSA) is 105 Å². The summed E-state index contributed by atoms with van der Waals surface area (Å²) < 4.78 is 89.4. The van der Waals surface area contributed by atoms with Crippen LogP contribution < -0.4 is 17.8 Å². The first-order valence-corrected chi connectivity index (χ1v) is 13.9. The standard InChI is InChI=1S/C23H24F2O8S2/c24-34(26,27)32-20-5-1-18(2-6-20)30-23(22-16-10-14-9-15(12-16)13-17(22)11-14)31-19-3-7-21(8-4-19)33-35(25,28)29/h1-8,14-17,22-23H,9-13H2. The molecule has 12 heteroatoms. The van der Waals surface area contributed by atoms with Gasteiger partial charge in [0.05, 0.1) is 0 Å². The lowest BCUT2D eigenvalue weighted by Crippen LogP contribution is -2.52. The Bertz CT molecular complexity index is 1160. The highest BCUT2D eigenvalue weighted by molar-refractivity contribution is 7.82. The zero-order chi connectivity index (χ0) is 24.8. The average molecular weight is 531 g/mol. The summed E-state index contributed by atoms with van der Waals surface area (Å²) in [4.78, 5) is 0. The van der Waals surface area contributed by atoms with E-state index in [-0.39, 0.29) is 17.4 Å². The van der Waals surface area contributed by atoms with Crippen LogP contribution in [-0.4, -0.2) is 23.1 Å². The molecule has 35 heavy (non-hydrogen) atoms. The predicted octanol–water partition coefficient (Wildman–Crippen LogP) is 4.73. The highest BCUT2D eigenvalue weighted by atomic mass is 32.3. The summed E-state index contributed by atoms with van der Waals surface area (Å²) in [7, 11) is -10.3. The fraction of sp³-hybridized carbons (Fsp3) is 0.478. The Labute approximate surface area is 203 Å². The maximum Gasteiger partial charge on any atom is 0.488 e. The molecule has 0 amide bonds. The normalized spacial score (nSPS) is 27.6. The van der Waals surface area contributed by atoms with Crippen LogP contribution in [0.3, 0.4) is 0 Å². The predicted molar refractivity (Wildman–Crippen MR) is 120 cm³/mol. The lowest BCUT2D eigenvalue weighted by molar-refractivity contribution is -0.144. The summed E-state index contributed by atoms with van der Waals surface area (Å²) in [5.41, 5.74) is 0. The minimum Gasteiger partial charge on any atom is -0.455 e. The molecule has 2 aromatic carbocycles. The number of rotatable bonds is 9. The van der Waals surface area contributed by atoms with E-state index in [1.165, 1.54) is 55.0 Å². The van der Waals surface area contributed by atoms with Crippen molar-refractivity contribution >= 4 is 21.0 Å². The van der Waals surface area contributed by atoms with Gasteiger partial charge >= 0.3 is 21.0 Å². The molecule has 2 aromatic rings. The van der Waals surface area contributed by atoms with E-state index >= 15 is 0 Å². The fourth-order valence-corrected chi connectivity index (χ4v) is 6.92. The molecule has 0 saturated heterocycles. The zero-order valence-electron chi connectivity index (χ0n) is 18.5. The Morgan fingerprint density at radius 1 is 0.600 bits per heavy atom. The first-order valence-electron chi connectivity index (χ1n) is 11.3. The third kappa shape index (κ3) is 5.97. The monoisotopic (exact) mass is 530 g/mol. The van der Waals surface area contributed by atoms with Gasteiger partial charge in [0.25, 0.3) is 0 Å². The van der Waals surface area contributed by atoms with Gasteiger partial charge in [-0.1, -0.05) is 7.77 Å². The van der Waals surface area contributed by atoms with E-state index in [9.17, 15) is 24.6 Å². The van der Waals surface area contributed by atoms with Crippen molar-refractivity contribution in [2.24, 2.45) is 29.6 Å². The van der Waals surface area contributed by atoms with Gasteiger partial charge in [0.1, 0.15) is 23.0 Å². The van der Waals surface area contributed by atoms with Gasteiger partial charge in [-0.25, -0.2) is 0 Å². The molecule has 8 nitrogen and oxygen atoms in total. The van der Waals surface area contributed by atoms with Gasteiger partial charge in [-0.05, 0) is 104 Å². The van der Waals surface area contributed by atoms with Crippen LogP contribution in [0.5, 0.6) is 23.0 Å². The van der Waals surface area contributed by atoms with Gasteiger partial charge in [-0.3, -0.25) is 0 Å². The molecule has 4 fully saturated rings. The molecule has 0 radical (unpaired) electrons. The molecular weight excluding hydrogens is 506 g/mol. The molecule has 190 valence electrons. The lowest BCUT2D eigenvalue weighted by Gasteiger charge is -2.55. The first-order chi connectivity index (χ1) is 16.5. The van der Waals surface area contributed by atoms with E-state index in [4.69, 9.17) is 9.47 Å². The molecular formula is C23H24F2O8S2. The van der Waals surface area contributed by atoms with Gasteiger partial charge < -0.3 is 17.8 Å². The van der Waals surface area contributed by atoms with Gasteiger partial charge in [0, 0.05) is 5.92 Å². The third-order valence-electron chi connectivity index (χ3n) is 7.16. The van der Waals surface area contributed by atoms with Crippen molar-refractivity contribution in [3.8, 4) is 23.0 Å². The van der Waals surface area contributed by atoms with E-state index in [0.717, 1.165) is 37.5 Å². The molecule has 0 unspecified atom stereocenters. The summed E-state index contributed by atoms with van der Waals surface area (Å²) in [6, 6.07) is 11.0. The summed E-state index contributed by atoms with van der Waals surface area (Å²) in [5.74, 6) is 2.85. The van der Waals surface area contributed by atoms with E-state index in [2.05, 4.69) is 8.37 Å². The second-order valence-corrected chi connectivity index (χ2v) is 11.4. The maximum absolute atomic E-state index is 12.8. The molecule has 0 aliphatic heterocycles. The van der Waals surface area contributed by atoms with E-state index in [1.54, 1.807) is 0 Å². The first kappa shape index (κ1) is 24.1. The van der Waals surface area contributed by atoms with Crippen molar-refractivity contribution in [3.05, 3.63) is 48.5 Å². The van der Waals surface area contributed by atoms with Crippen LogP contribution in [0.1, 0.15) is 32.1 Å². The molecule has 0 heterocycles. The van der Waals surface area contributed by atoms with Crippen molar-refractivity contribution in [3.63, 3.8) is 0 Å². The van der Waals surface area contributed by atoms with Crippen LogP contribution in [-0.2, 0) is 21.0 Å². The molecule has 4 bridgehead atoms. The Kier molecular flexibility index (Phi) is 6.28. The average Bonchev–Trinajstić information content (AvgIpc) is 2.73. The number of ether oxygens (including phenoxy) is 2. The Morgan fingerprint density at radius 3 is 1.29 bits per heavy atom. The molecule has 6 rings (SSSR count). The summed E-state index contributed by atoms with van der Waals surface area (Å²) in [5, 5.41) is 0. The number of hydrogen-bond donors (Lipinski definition) is 0. The minimum absolute atomic E-state index is 0.118. The highest BCUT2D eigenvalue weighted by Gasteiger charge is 2.52. The van der Waals surface area contributed by atoms with Crippen molar-refractivity contribution in [1.82, 2.24) is 0 Å². The molecule has 0 spiro atoms. The van der Waals surface area contributed by atoms with E-state index in [0.29, 0.717) is 23.3 Å². The highest BCUT2D eigenvalue weighted by Crippen LogP contribution is 2.57. The Morgan fingerprint density at radius 2 is 0.943 bits per heavy atom. The molecule has 4 aliphatic rings. The summed E-state index contributed by atoms with van der Waals surface area (Å²) in [6.45, 7) is 0. The van der Waals surface area contributed by atoms with Crippen LogP contribution in [0.25, 0.3) is 0 Å². The second kappa shape index (κ2) is 9.12. The molecule has 4 aliphatic carbocycles. The molecule has 0 atom stereocenters. The molecule has 0 aromatic heterocycles. The van der Waals surface area contributed by atoms with Crippen molar-refractivity contribution in [2.45, 2.75) is 38.4 Å². The van der Waals surface area contributed by atoms with E-state index in [1.807, 2.05) is 0 Å². The second-order valence-electron chi connectivity index (χ2n) is 9.51. The van der Waals surface area contributed by atoms with Gasteiger partial charge in [-0.2, -0.15) is 16.8 Å². The van der Waals surface area contributed by atoms with Crippen LogP contribution in [0.2, 0.25) is 0 Å². The molecule has 0 N–H and O–H groups in total. The van der Waals surface area contributed by atoms with Gasteiger partial charge in [-0.15, -0.1) is 0 Å². The fourth-order valence-electron chi connectivity index (χ4n) is 6.24. The van der Waals surface area contributed by atoms with Gasteiger partial charge in [0.2, 0.25) is 6.29 Å². The summed E-state index contributed by atoms with van der Waals surface area (Å²) in [6.07, 6.45) is 5.06. The van der Waals surface area contributed by atoms with Crippen molar-refractivity contribution < 1.29 is 42.4 Å². The lowest BCUT2D eigenvalue weighted by atomic mass is 9.51. The third-order valence-corrected chi connectivity index (χ3v) is 7.94. The SMILES string of the molecule is O=S(=O)(F)Oc1ccc(OC(Oc2ccc(OS(=O)(=O)F)cc2)C2C3CC4CC(C3)CC2C4)cc1. The number of halogens is 2. The largest absolute Gasteiger partial charge is 0.488 e. The molecule has 4 saturated carbocycles. The van der Waals surface area contributed by atoms with Crippen LogP contribution in [0.15, 0.2) is 48.5 Å². The van der Waals surface area contributed by atoms with Crippen molar-refractivity contribution in [1.29, 1.82) is 0 Å². The van der Waals surface area contributed by atoms with E-state index < -0.39 is 27.3 Å². The van der Waals surface area contributed by atoms with Crippen LogP contribution in [0, 0.1) is 29.6 Å². The van der Waals surface area contributed by atoms with Crippen LogP contribution in [0.4, 0.5) is 7.77 Å². The number of benzene rings is 2. The van der Waals surface area contributed by atoms with Crippen molar-refractivity contribution in [2.75, 3.05) is 0 Å².